The highest BCUT2D eigenvalue weighted by atomic mass is 35.5. The van der Waals surface area contributed by atoms with Crippen LogP contribution in [0.4, 0.5) is 5.69 Å². The number of nitrogens with zero attached hydrogens (tertiary/aromatic N) is 1. The van der Waals surface area contributed by atoms with Gasteiger partial charge in [-0.05, 0) is 17.7 Å². The molecule has 0 saturated heterocycles. The molecule has 0 amide bonds. The number of carbonyl (C=O) groups is 3. The number of aliphatic hydroxyl groups excluding tert-OH is 1. The van der Waals surface area contributed by atoms with Crippen LogP contribution in [0.2, 0.25) is 5.02 Å². The van der Waals surface area contributed by atoms with Gasteiger partial charge in [0.15, 0.2) is 17.3 Å². The van der Waals surface area contributed by atoms with Crippen LogP contribution in [-0.4, -0.2) is 54.8 Å². The highest BCUT2D eigenvalue weighted by Gasteiger charge is 2.61. The SMILES string of the molecule is COC(=O)CC(C1=C(O)C2(Oc3c(Cl)c(OC)cc(OC)c3C2=O)C(C)CC1=O)c1ccc(N([O-])O)cc1. The van der Waals surface area contributed by atoms with Crippen molar-refractivity contribution in [3.8, 4) is 17.2 Å². The van der Waals surface area contributed by atoms with Crippen LogP contribution in [0.3, 0.4) is 0 Å². The van der Waals surface area contributed by atoms with Gasteiger partial charge in [0.2, 0.25) is 11.4 Å². The van der Waals surface area contributed by atoms with Gasteiger partial charge in [-0.25, -0.2) is 0 Å². The van der Waals surface area contributed by atoms with E-state index in [1.54, 1.807) is 6.92 Å². The Kier molecular flexibility index (Phi) is 7.29. The summed E-state index contributed by atoms with van der Waals surface area (Å²) in [6.07, 6.45) is -0.568. The predicted octanol–water partition coefficient (Wildman–Crippen LogP) is 4.13. The molecule has 0 aromatic heterocycles. The fourth-order valence-corrected chi connectivity index (χ4v) is 5.27. The molecule has 1 heterocycles. The van der Waals surface area contributed by atoms with Gasteiger partial charge in [-0.1, -0.05) is 30.7 Å². The zero-order chi connectivity index (χ0) is 27.9. The summed E-state index contributed by atoms with van der Waals surface area (Å²) in [7, 11) is 3.90. The third-order valence-corrected chi connectivity index (χ3v) is 7.33. The summed E-state index contributed by atoms with van der Waals surface area (Å²) in [5, 5.41) is 31.8. The number of Topliss-reactive ketones (excluding diaryl/α,β-unsaturated/α-hetero) is 2. The Labute approximate surface area is 222 Å². The molecular formula is C26H25ClNO10-. The highest BCUT2D eigenvalue weighted by Crippen LogP contribution is 2.55. The van der Waals surface area contributed by atoms with Gasteiger partial charge in [0.1, 0.15) is 22.1 Å². The number of allylic oxidation sites excluding steroid dienone is 1. The van der Waals surface area contributed by atoms with Gasteiger partial charge in [0, 0.05) is 29.9 Å². The summed E-state index contributed by atoms with van der Waals surface area (Å²) in [4.78, 5) is 39.7. The third kappa shape index (κ3) is 4.12. The van der Waals surface area contributed by atoms with Crippen LogP contribution in [0.1, 0.15) is 41.6 Å². The monoisotopic (exact) mass is 546 g/mol. The van der Waals surface area contributed by atoms with Crippen molar-refractivity contribution in [3.63, 3.8) is 0 Å². The summed E-state index contributed by atoms with van der Waals surface area (Å²) in [5.41, 5.74) is -2.00. The molecule has 4 rings (SSSR count). The maximum absolute atomic E-state index is 14.0. The van der Waals surface area contributed by atoms with E-state index in [9.17, 15) is 29.9 Å². The minimum atomic E-state index is -2.03. The lowest BCUT2D eigenvalue weighted by atomic mass is 9.69. The van der Waals surface area contributed by atoms with Crippen molar-refractivity contribution in [3.05, 3.63) is 63.0 Å². The molecule has 1 aliphatic carbocycles. The van der Waals surface area contributed by atoms with Crippen molar-refractivity contribution >= 4 is 34.8 Å². The number of rotatable bonds is 7. The third-order valence-electron chi connectivity index (χ3n) is 6.97. The van der Waals surface area contributed by atoms with E-state index >= 15 is 0 Å². The summed E-state index contributed by atoms with van der Waals surface area (Å²) in [6, 6.07) is 6.81. The first kappa shape index (κ1) is 27.2. The molecule has 2 N–H and O–H groups in total. The largest absolute Gasteiger partial charge is 0.733 e. The number of methoxy groups -OCH3 is 3. The second kappa shape index (κ2) is 10.2. The Hall–Kier alpha value is -3.80. The highest BCUT2D eigenvalue weighted by molar-refractivity contribution is 6.35. The van der Waals surface area contributed by atoms with Crippen LogP contribution in [-0.2, 0) is 14.3 Å². The number of carbonyl (C=O) groups excluding carboxylic acids is 3. The van der Waals surface area contributed by atoms with E-state index in [-0.39, 0.29) is 57.2 Å². The molecule has 2 aromatic rings. The lowest BCUT2D eigenvalue weighted by Gasteiger charge is -2.38. The van der Waals surface area contributed by atoms with Crippen molar-refractivity contribution in [1.82, 2.24) is 0 Å². The minimum absolute atomic E-state index is 0.0140. The van der Waals surface area contributed by atoms with Gasteiger partial charge in [-0.2, -0.15) is 0 Å². The smallest absolute Gasteiger partial charge is 0.306 e. The lowest BCUT2D eigenvalue weighted by molar-refractivity contribution is -0.140. The van der Waals surface area contributed by atoms with E-state index < -0.39 is 40.7 Å². The van der Waals surface area contributed by atoms with E-state index in [1.807, 2.05) is 0 Å². The minimum Gasteiger partial charge on any atom is -0.733 e. The zero-order valence-electron chi connectivity index (χ0n) is 20.9. The molecule has 11 nitrogen and oxygen atoms in total. The first-order valence-corrected chi connectivity index (χ1v) is 11.9. The number of aliphatic hydroxyl groups is 1. The molecule has 1 spiro atoms. The zero-order valence-corrected chi connectivity index (χ0v) is 21.7. The van der Waals surface area contributed by atoms with Crippen molar-refractivity contribution in [1.29, 1.82) is 0 Å². The van der Waals surface area contributed by atoms with Crippen LogP contribution in [0.15, 0.2) is 41.7 Å². The van der Waals surface area contributed by atoms with Gasteiger partial charge in [-0.15, -0.1) is 0 Å². The molecule has 2 aromatic carbocycles. The van der Waals surface area contributed by atoms with Gasteiger partial charge in [-0.3, -0.25) is 19.6 Å². The van der Waals surface area contributed by atoms with Crippen LogP contribution in [0.25, 0.3) is 0 Å². The van der Waals surface area contributed by atoms with Crippen molar-refractivity contribution in [2.75, 3.05) is 26.6 Å². The molecule has 0 fully saturated rings. The summed E-state index contributed by atoms with van der Waals surface area (Å²) >= 11 is 6.46. The fourth-order valence-electron chi connectivity index (χ4n) is 5.01. The summed E-state index contributed by atoms with van der Waals surface area (Å²) in [6.45, 7) is 1.58. The molecule has 202 valence electrons. The van der Waals surface area contributed by atoms with Crippen LogP contribution in [0.5, 0.6) is 17.2 Å². The first-order chi connectivity index (χ1) is 18.0. The van der Waals surface area contributed by atoms with Crippen molar-refractivity contribution in [2.45, 2.75) is 31.3 Å². The van der Waals surface area contributed by atoms with Crippen molar-refractivity contribution in [2.24, 2.45) is 5.92 Å². The van der Waals surface area contributed by atoms with Gasteiger partial charge < -0.3 is 34.5 Å². The maximum Gasteiger partial charge on any atom is 0.306 e. The van der Waals surface area contributed by atoms with Gasteiger partial charge in [0.05, 0.1) is 33.4 Å². The number of ketones is 2. The Morgan fingerprint density at radius 1 is 1.21 bits per heavy atom. The Morgan fingerprint density at radius 3 is 2.39 bits per heavy atom. The van der Waals surface area contributed by atoms with Gasteiger partial charge in [0.25, 0.3) is 0 Å². The average Bonchev–Trinajstić information content (AvgIpc) is 3.22. The summed E-state index contributed by atoms with van der Waals surface area (Å²) < 4.78 is 21.6. The number of halogens is 1. The number of hydrogen-bond acceptors (Lipinski definition) is 11. The molecule has 0 saturated carbocycles. The summed E-state index contributed by atoms with van der Waals surface area (Å²) in [5.74, 6) is -4.20. The normalized spacial score (nSPS) is 21.2. The molecule has 3 unspecified atom stereocenters. The molecular weight excluding hydrogens is 522 g/mol. The average molecular weight is 547 g/mol. The van der Waals surface area contributed by atoms with Crippen molar-refractivity contribution < 1.29 is 43.6 Å². The molecule has 3 atom stereocenters. The topological polar surface area (TPSA) is 155 Å². The maximum atomic E-state index is 14.0. The van der Waals surface area contributed by atoms with Crippen LogP contribution >= 0.6 is 11.6 Å². The Bertz CT molecular complexity index is 1340. The van der Waals surface area contributed by atoms with Gasteiger partial charge >= 0.3 is 5.97 Å². The molecule has 1 aliphatic heterocycles. The Balaban J connectivity index is 1.93. The molecule has 38 heavy (non-hydrogen) atoms. The molecule has 0 bridgehead atoms. The number of hydrogen-bond donors (Lipinski definition) is 2. The Morgan fingerprint density at radius 2 is 1.84 bits per heavy atom. The van der Waals surface area contributed by atoms with E-state index in [0.29, 0.717) is 5.56 Å². The quantitative estimate of drug-likeness (QED) is 0.380. The predicted molar refractivity (Wildman–Crippen MR) is 134 cm³/mol. The molecule has 0 radical (unpaired) electrons. The van der Waals surface area contributed by atoms with E-state index in [0.717, 1.165) is 0 Å². The first-order valence-electron chi connectivity index (χ1n) is 11.5. The fraction of sp³-hybridized carbons (Fsp3) is 0.346. The lowest BCUT2D eigenvalue weighted by Crippen LogP contribution is -2.53. The van der Waals surface area contributed by atoms with E-state index in [4.69, 9.17) is 30.5 Å². The standard InChI is InChI=1S/C26H25ClNO10/c1-12-9-16(29)20(15(10-19(30)37-4)13-5-7-14(8-6-13)28(33)34)24(31)26(12)25(32)21-17(35-2)11-18(36-3)22(27)23(21)38-26/h5-8,11-12,15,31,33H,9-10H2,1-4H3/q-1. The number of esters is 1. The van der Waals surface area contributed by atoms with Crippen LogP contribution in [0, 0.1) is 11.1 Å². The number of fused-ring (bicyclic) bond motifs is 1. The van der Waals surface area contributed by atoms with Crippen LogP contribution < -0.4 is 19.4 Å². The van der Waals surface area contributed by atoms with E-state index in [2.05, 4.69) is 0 Å². The second-order valence-electron chi connectivity index (χ2n) is 8.95. The molecule has 2 aliphatic rings. The van der Waals surface area contributed by atoms with E-state index in [1.165, 1.54) is 51.7 Å². The number of ether oxygens (including phenoxy) is 4. The number of anilines is 1. The number of benzene rings is 2. The molecule has 12 heteroatoms. The second-order valence-corrected chi connectivity index (χ2v) is 9.33.